The van der Waals surface area contributed by atoms with E-state index in [1.807, 2.05) is 0 Å². The molecule has 23 heavy (non-hydrogen) atoms. The van der Waals surface area contributed by atoms with Gasteiger partial charge in [0.25, 0.3) is 0 Å². The van der Waals surface area contributed by atoms with Gasteiger partial charge in [-0.25, -0.2) is 19.2 Å². The average Bonchev–Trinajstić information content (AvgIpc) is 2.99. The number of fused-ring (bicyclic) bond motifs is 2. The van der Waals surface area contributed by atoms with Crippen molar-refractivity contribution < 1.29 is 28.7 Å². The van der Waals surface area contributed by atoms with Crippen LogP contribution in [0.25, 0.3) is 0 Å². The number of hydrogen-bond acceptors (Lipinski definition) is 6. The normalized spacial score (nSPS) is 13.9. The summed E-state index contributed by atoms with van der Waals surface area (Å²) in [7, 11) is 0. The number of benzene rings is 2. The van der Waals surface area contributed by atoms with Crippen molar-refractivity contribution >= 4 is 37.4 Å². The van der Waals surface area contributed by atoms with Crippen LogP contribution in [0.1, 0.15) is 41.4 Å². The Bertz CT molecular complexity index is 691. The molecule has 0 N–H and O–H groups in total. The van der Waals surface area contributed by atoms with Crippen LogP contribution in [0.3, 0.4) is 0 Å². The predicted octanol–water partition coefficient (Wildman–Crippen LogP) is 2.11. The second-order valence-electron chi connectivity index (χ2n) is 4.45. The second-order valence-corrected chi connectivity index (χ2v) is 4.45. The molecular formula is C16H10O6S. The molecule has 116 valence electrons. The standard InChI is InChI=1S/2C8H4O3.H2S/c2*9-7-5-3-1-2-4-6(5)8(10)11-7;/h2*1-4H;1H2. The van der Waals surface area contributed by atoms with Gasteiger partial charge in [-0.15, -0.1) is 0 Å². The molecule has 6 nitrogen and oxygen atoms in total. The van der Waals surface area contributed by atoms with Gasteiger partial charge in [-0.3, -0.25) is 0 Å². The van der Waals surface area contributed by atoms with E-state index in [0.717, 1.165) is 0 Å². The molecule has 7 heteroatoms. The second kappa shape index (κ2) is 6.45. The summed E-state index contributed by atoms with van der Waals surface area (Å²) in [5.74, 6) is -2.20. The third-order valence-electron chi connectivity index (χ3n) is 3.10. The molecule has 0 fully saturated rings. The van der Waals surface area contributed by atoms with Crippen LogP contribution in [0.5, 0.6) is 0 Å². The summed E-state index contributed by atoms with van der Waals surface area (Å²) in [5.41, 5.74) is 1.44. The third kappa shape index (κ3) is 3.00. The Kier molecular flexibility index (Phi) is 4.61. The van der Waals surface area contributed by atoms with Crippen molar-refractivity contribution in [2.24, 2.45) is 0 Å². The summed E-state index contributed by atoms with van der Waals surface area (Å²) in [5, 5.41) is 0. The lowest BCUT2D eigenvalue weighted by Crippen LogP contribution is -1.96. The molecule has 0 aliphatic carbocycles. The van der Waals surface area contributed by atoms with Gasteiger partial charge in [0.05, 0.1) is 22.3 Å². The van der Waals surface area contributed by atoms with Gasteiger partial charge in [0, 0.05) is 0 Å². The Labute approximate surface area is 137 Å². The first-order valence-electron chi connectivity index (χ1n) is 6.29. The topological polar surface area (TPSA) is 86.7 Å². The zero-order chi connectivity index (χ0) is 15.7. The first-order valence-corrected chi connectivity index (χ1v) is 6.29. The Morgan fingerprint density at radius 1 is 0.478 bits per heavy atom. The highest BCUT2D eigenvalue weighted by molar-refractivity contribution is 7.59. The Balaban J connectivity index is 0.000000160. The van der Waals surface area contributed by atoms with Gasteiger partial charge in [0.1, 0.15) is 0 Å². The van der Waals surface area contributed by atoms with Crippen molar-refractivity contribution in [1.29, 1.82) is 0 Å². The van der Waals surface area contributed by atoms with Crippen LogP contribution in [0, 0.1) is 0 Å². The molecule has 0 radical (unpaired) electrons. The van der Waals surface area contributed by atoms with Gasteiger partial charge in [-0.1, -0.05) is 24.3 Å². The first-order chi connectivity index (χ1) is 10.6. The van der Waals surface area contributed by atoms with Crippen LogP contribution < -0.4 is 0 Å². The van der Waals surface area contributed by atoms with Gasteiger partial charge in [0.2, 0.25) is 0 Å². The molecule has 2 aliphatic rings. The number of carbonyl (C=O) groups excluding carboxylic acids is 4. The van der Waals surface area contributed by atoms with Crippen molar-refractivity contribution in [2.75, 3.05) is 0 Å². The number of carbonyl (C=O) groups is 4. The molecule has 0 unspecified atom stereocenters. The van der Waals surface area contributed by atoms with Crippen molar-refractivity contribution in [3.05, 3.63) is 70.8 Å². The lowest BCUT2D eigenvalue weighted by molar-refractivity contribution is 0.0425. The maximum absolute atomic E-state index is 10.8. The van der Waals surface area contributed by atoms with Crippen molar-refractivity contribution in [3.8, 4) is 0 Å². The predicted molar refractivity (Wildman–Crippen MR) is 82.8 cm³/mol. The molecule has 0 aromatic heterocycles. The Hall–Kier alpha value is -2.93. The van der Waals surface area contributed by atoms with E-state index >= 15 is 0 Å². The third-order valence-corrected chi connectivity index (χ3v) is 3.10. The molecule has 0 amide bonds. The SMILES string of the molecule is O=C1OC(=O)c2ccccc21.O=C1OC(=O)c2ccccc21.S. The largest absolute Gasteiger partial charge is 0.386 e. The van der Waals surface area contributed by atoms with E-state index in [9.17, 15) is 19.2 Å². The van der Waals surface area contributed by atoms with Gasteiger partial charge < -0.3 is 9.47 Å². The number of hydrogen-bond donors (Lipinski definition) is 0. The number of ether oxygens (including phenoxy) is 2. The molecule has 2 heterocycles. The van der Waals surface area contributed by atoms with Crippen molar-refractivity contribution in [3.63, 3.8) is 0 Å². The number of cyclic esters (lactones) is 4. The minimum Gasteiger partial charge on any atom is -0.386 e. The minimum atomic E-state index is -0.550. The quantitative estimate of drug-likeness (QED) is 0.543. The number of esters is 4. The maximum Gasteiger partial charge on any atom is 0.346 e. The van der Waals surface area contributed by atoms with Gasteiger partial charge in [-0.2, -0.15) is 13.5 Å². The van der Waals surface area contributed by atoms with E-state index in [2.05, 4.69) is 9.47 Å². The van der Waals surface area contributed by atoms with E-state index in [0.29, 0.717) is 22.3 Å². The van der Waals surface area contributed by atoms with E-state index < -0.39 is 23.9 Å². The molecular weight excluding hydrogens is 320 g/mol. The fraction of sp³-hybridized carbons (Fsp3) is 0. The minimum absolute atomic E-state index is 0. The summed E-state index contributed by atoms with van der Waals surface area (Å²) in [6, 6.07) is 13.1. The summed E-state index contributed by atoms with van der Waals surface area (Å²) in [6.45, 7) is 0. The summed E-state index contributed by atoms with van der Waals surface area (Å²) in [4.78, 5) is 43.3. The lowest BCUT2D eigenvalue weighted by atomic mass is 10.1. The van der Waals surface area contributed by atoms with E-state index in [1.165, 1.54) is 0 Å². The molecule has 2 aromatic rings. The average molecular weight is 330 g/mol. The van der Waals surface area contributed by atoms with E-state index in [1.54, 1.807) is 48.5 Å². The molecule has 0 bridgehead atoms. The lowest BCUT2D eigenvalue weighted by Gasteiger charge is -1.86. The Morgan fingerprint density at radius 3 is 0.913 bits per heavy atom. The van der Waals surface area contributed by atoms with Gasteiger partial charge >= 0.3 is 23.9 Å². The summed E-state index contributed by atoms with van der Waals surface area (Å²) in [6.07, 6.45) is 0. The fourth-order valence-electron chi connectivity index (χ4n) is 2.07. The molecule has 0 saturated carbocycles. The molecule has 0 saturated heterocycles. The number of rotatable bonds is 0. The summed E-state index contributed by atoms with van der Waals surface area (Å²) >= 11 is 0. The maximum atomic E-state index is 10.8. The highest BCUT2D eigenvalue weighted by atomic mass is 32.1. The van der Waals surface area contributed by atoms with Crippen molar-refractivity contribution in [1.82, 2.24) is 0 Å². The molecule has 4 rings (SSSR count). The molecule has 2 aliphatic heterocycles. The van der Waals surface area contributed by atoms with Crippen LogP contribution in [0.2, 0.25) is 0 Å². The first kappa shape index (κ1) is 16.4. The monoisotopic (exact) mass is 330 g/mol. The molecule has 0 atom stereocenters. The van der Waals surface area contributed by atoms with Crippen LogP contribution in [0.15, 0.2) is 48.5 Å². The van der Waals surface area contributed by atoms with Gasteiger partial charge in [0.15, 0.2) is 0 Å². The van der Waals surface area contributed by atoms with Crippen LogP contribution in [-0.2, 0) is 9.47 Å². The highest BCUT2D eigenvalue weighted by Crippen LogP contribution is 2.19. The summed E-state index contributed by atoms with van der Waals surface area (Å²) < 4.78 is 8.71. The van der Waals surface area contributed by atoms with Crippen LogP contribution >= 0.6 is 13.5 Å². The van der Waals surface area contributed by atoms with Crippen molar-refractivity contribution in [2.45, 2.75) is 0 Å². The molecule has 2 aromatic carbocycles. The molecule has 0 spiro atoms. The van der Waals surface area contributed by atoms with E-state index in [4.69, 9.17) is 0 Å². The smallest absolute Gasteiger partial charge is 0.346 e. The van der Waals surface area contributed by atoms with Crippen LogP contribution in [0.4, 0.5) is 0 Å². The highest BCUT2D eigenvalue weighted by Gasteiger charge is 2.29. The Morgan fingerprint density at radius 2 is 0.696 bits per heavy atom. The zero-order valence-electron chi connectivity index (χ0n) is 11.6. The van der Waals surface area contributed by atoms with Gasteiger partial charge in [-0.05, 0) is 24.3 Å². The fourth-order valence-corrected chi connectivity index (χ4v) is 2.07. The zero-order valence-corrected chi connectivity index (χ0v) is 12.6. The van der Waals surface area contributed by atoms with E-state index in [-0.39, 0.29) is 13.5 Å². The van der Waals surface area contributed by atoms with Crippen LogP contribution in [-0.4, -0.2) is 23.9 Å².